The number of fused-ring (bicyclic) bond motifs is 1. The van der Waals surface area contributed by atoms with E-state index in [9.17, 15) is 18.2 Å². The minimum absolute atomic E-state index is 0. The van der Waals surface area contributed by atoms with E-state index in [-0.39, 0.29) is 54.9 Å². The summed E-state index contributed by atoms with van der Waals surface area (Å²) < 4.78 is 34.6. The van der Waals surface area contributed by atoms with Crippen LogP contribution in [0.4, 0.5) is 9.18 Å². The summed E-state index contributed by atoms with van der Waals surface area (Å²) in [7, 11) is 0.501. The van der Waals surface area contributed by atoms with Crippen molar-refractivity contribution in [2.24, 2.45) is 0 Å². The Morgan fingerprint density at radius 3 is 2.33 bits per heavy atom. The van der Waals surface area contributed by atoms with E-state index in [1.54, 1.807) is 37.5 Å². The fourth-order valence-electron chi connectivity index (χ4n) is 3.30. The standard InChI is InChI=1S/C24H30FN3O4S2.2H2S/c1-14(27(8)34(31)24(5,6)7)18-13-33-21(26-18)20(29)17-12-28(22(30)32-23(2,3)4)19-11-15(25)9-10-16(17)19;;/h9-14H,1-8H3;2*1H2/t14-,34-;;/m0../s1. The third kappa shape index (κ3) is 6.97. The molecule has 0 fully saturated rings. The van der Waals surface area contributed by atoms with Gasteiger partial charge in [0.15, 0.2) is 5.01 Å². The largest absolute Gasteiger partial charge is 0.443 e. The Balaban J connectivity index is 0.00000324. The van der Waals surface area contributed by atoms with Crippen molar-refractivity contribution < 1.29 is 22.9 Å². The second kappa shape index (κ2) is 11.8. The van der Waals surface area contributed by atoms with E-state index in [1.165, 1.54) is 35.7 Å². The Bertz CT molecular complexity index is 1270. The van der Waals surface area contributed by atoms with Gasteiger partial charge in [-0.3, -0.25) is 9.36 Å². The lowest BCUT2D eigenvalue weighted by atomic mass is 10.1. The molecular formula is C24H34FN3O4S4. The molecule has 3 rings (SSSR count). The second-order valence-corrected chi connectivity index (χ2v) is 13.2. The summed E-state index contributed by atoms with van der Waals surface area (Å²) in [6.07, 6.45) is 0.660. The number of carbonyl (C=O) groups is 2. The van der Waals surface area contributed by atoms with Gasteiger partial charge in [-0.05, 0) is 66.7 Å². The molecule has 0 bridgehead atoms. The van der Waals surface area contributed by atoms with Crippen molar-refractivity contribution >= 4 is 72.1 Å². The first-order valence-corrected chi connectivity index (χ1v) is 12.8. The van der Waals surface area contributed by atoms with Gasteiger partial charge in [-0.15, -0.1) is 11.3 Å². The van der Waals surface area contributed by atoms with Crippen LogP contribution in [0.5, 0.6) is 0 Å². The number of ether oxygens (including phenoxy) is 1. The zero-order valence-corrected chi connectivity index (χ0v) is 25.3. The number of nitrogens with zero attached hydrogens (tertiary/aromatic N) is 3. The molecule has 0 aliphatic heterocycles. The first-order chi connectivity index (χ1) is 15.6. The number of benzene rings is 1. The van der Waals surface area contributed by atoms with Crippen LogP contribution < -0.4 is 0 Å². The summed E-state index contributed by atoms with van der Waals surface area (Å²) >= 11 is 1.17. The highest BCUT2D eigenvalue weighted by Crippen LogP contribution is 2.30. The number of hydrogen-bond donors (Lipinski definition) is 0. The molecule has 0 saturated heterocycles. The topological polar surface area (TPSA) is 81.5 Å². The van der Waals surface area contributed by atoms with Gasteiger partial charge in [0, 0.05) is 24.0 Å². The summed E-state index contributed by atoms with van der Waals surface area (Å²) in [4.78, 5) is 30.6. The summed E-state index contributed by atoms with van der Waals surface area (Å²) in [5, 5.41) is 2.42. The van der Waals surface area contributed by atoms with Gasteiger partial charge in [-0.1, -0.05) is 0 Å². The monoisotopic (exact) mass is 575 g/mol. The number of aromatic nitrogens is 2. The molecule has 0 radical (unpaired) electrons. The molecule has 0 unspecified atom stereocenters. The highest BCUT2D eigenvalue weighted by atomic mass is 32.2. The molecule has 36 heavy (non-hydrogen) atoms. The van der Waals surface area contributed by atoms with Crippen molar-refractivity contribution in [3.63, 3.8) is 0 Å². The highest BCUT2D eigenvalue weighted by molar-refractivity contribution is 7.84. The maximum absolute atomic E-state index is 14.0. The van der Waals surface area contributed by atoms with Gasteiger partial charge in [-0.25, -0.2) is 22.7 Å². The van der Waals surface area contributed by atoms with Crippen molar-refractivity contribution in [2.75, 3.05) is 7.05 Å². The molecule has 0 amide bonds. The van der Waals surface area contributed by atoms with E-state index in [0.29, 0.717) is 11.1 Å². The molecular weight excluding hydrogens is 542 g/mol. The van der Waals surface area contributed by atoms with E-state index in [1.807, 2.05) is 27.7 Å². The number of carbonyl (C=O) groups excluding carboxylic acids is 2. The number of thiazole rings is 1. The highest BCUT2D eigenvalue weighted by Gasteiger charge is 2.30. The molecule has 0 aliphatic rings. The normalized spacial score (nSPS) is 13.6. The molecule has 0 N–H and O–H groups in total. The van der Waals surface area contributed by atoms with E-state index in [4.69, 9.17) is 4.74 Å². The number of halogens is 1. The van der Waals surface area contributed by atoms with E-state index in [0.717, 1.165) is 4.57 Å². The zero-order valence-electron chi connectivity index (χ0n) is 21.6. The first kappa shape index (κ1) is 32.3. The summed E-state index contributed by atoms with van der Waals surface area (Å²) in [5.74, 6) is -0.920. The maximum Gasteiger partial charge on any atom is 0.419 e. The van der Waals surface area contributed by atoms with Crippen LogP contribution in [0.2, 0.25) is 0 Å². The van der Waals surface area contributed by atoms with Crippen LogP contribution in [-0.2, 0) is 15.7 Å². The summed E-state index contributed by atoms with van der Waals surface area (Å²) in [6, 6.07) is 3.62. The summed E-state index contributed by atoms with van der Waals surface area (Å²) in [6.45, 7) is 12.7. The number of rotatable bonds is 5. The maximum atomic E-state index is 14.0. The Morgan fingerprint density at radius 2 is 1.78 bits per heavy atom. The molecule has 12 heteroatoms. The van der Waals surface area contributed by atoms with Gasteiger partial charge in [0.25, 0.3) is 0 Å². The quantitative estimate of drug-likeness (QED) is 0.352. The second-order valence-electron chi connectivity index (χ2n) is 10.0. The van der Waals surface area contributed by atoms with Crippen LogP contribution in [0.1, 0.15) is 75.6 Å². The Labute approximate surface area is 231 Å². The molecule has 2 heterocycles. The van der Waals surface area contributed by atoms with E-state index < -0.39 is 33.2 Å². The average molecular weight is 576 g/mol. The fourth-order valence-corrected chi connectivity index (χ4v) is 5.42. The number of hydrogen-bond acceptors (Lipinski definition) is 6. The fraction of sp³-hybridized carbons (Fsp3) is 0.458. The van der Waals surface area contributed by atoms with Gasteiger partial charge in [-0.2, -0.15) is 27.0 Å². The van der Waals surface area contributed by atoms with Crippen molar-refractivity contribution in [1.82, 2.24) is 13.9 Å². The van der Waals surface area contributed by atoms with Gasteiger partial charge in [0.05, 0.1) is 27.6 Å². The van der Waals surface area contributed by atoms with Crippen molar-refractivity contribution in [3.8, 4) is 0 Å². The van der Waals surface area contributed by atoms with Crippen molar-refractivity contribution in [1.29, 1.82) is 0 Å². The van der Waals surface area contributed by atoms with Gasteiger partial charge >= 0.3 is 6.09 Å². The molecule has 2 aromatic heterocycles. The molecule has 0 aliphatic carbocycles. The Hall–Kier alpha value is -1.73. The van der Waals surface area contributed by atoms with Crippen molar-refractivity contribution in [2.45, 2.75) is 64.9 Å². The first-order valence-electron chi connectivity index (χ1n) is 10.8. The predicted molar refractivity (Wildman–Crippen MR) is 154 cm³/mol. The van der Waals surface area contributed by atoms with Crippen LogP contribution in [0.25, 0.3) is 10.9 Å². The SMILES string of the molecule is C[C@@H](c1csc(C(=O)c2cn(C(=O)OC(C)(C)C)c3cc(F)ccc23)n1)N(C)[S@@](=O)C(C)(C)C.S.S. The average Bonchev–Trinajstić information content (AvgIpc) is 3.34. The zero-order chi connectivity index (χ0) is 25.6. The molecule has 3 aromatic rings. The van der Waals surface area contributed by atoms with E-state index in [2.05, 4.69) is 4.98 Å². The van der Waals surface area contributed by atoms with Crippen LogP contribution >= 0.6 is 38.3 Å². The molecule has 0 saturated carbocycles. The Kier molecular flexibility index (Phi) is 10.6. The lowest BCUT2D eigenvalue weighted by Gasteiger charge is -2.29. The van der Waals surface area contributed by atoms with Crippen LogP contribution in [-0.4, -0.2) is 47.3 Å². The smallest absolute Gasteiger partial charge is 0.419 e. The van der Waals surface area contributed by atoms with E-state index >= 15 is 0 Å². The minimum atomic E-state index is -1.26. The summed E-state index contributed by atoms with van der Waals surface area (Å²) in [5.41, 5.74) is 0.324. The third-order valence-electron chi connectivity index (χ3n) is 5.08. The van der Waals surface area contributed by atoms with Gasteiger partial charge in [0.1, 0.15) is 22.4 Å². The molecule has 0 spiro atoms. The minimum Gasteiger partial charge on any atom is -0.443 e. The predicted octanol–water partition coefficient (Wildman–Crippen LogP) is 5.93. The van der Waals surface area contributed by atoms with Crippen LogP contribution in [0.15, 0.2) is 29.8 Å². The molecule has 1 aromatic carbocycles. The van der Waals surface area contributed by atoms with Gasteiger partial charge in [0.2, 0.25) is 5.78 Å². The van der Waals surface area contributed by atoms with Crippen LogP contribution in [0, 0.1) is 5.82 Å². The van der Waals surface area contributed by atoms with Crippen molar-refractivity contribution in [3.05, 3.63) is 51.9 Å². The molecule has 2 atom stereocenters. The molecule has 7 nitrogen and oxygen atoms in total. The Morgan fingerprint density at radius 1 is 1.17 bits per heavy atom. The number of ketones is 1. The lowest BCUT2D eigenvalue weighted by molar-refractivity contribution is 0.0544. The molecule has 200 valence electrons. The van der Waals surface area contributed by atoms with Crippen LogP contribution in [0.3, 0.4) is 0 Å². The van der Waals surface area contributed by atoms with Gasteiger partial charge < -0.3 is 4.74 Å². The lowest BCUT2D eigenvalue weighted by Crippen LogP contribution is -2.36. The third-order valence-corrected chi connectivity index (χ3v) is 7.82.